The molecule has 21 heavy (non-hydrogen) atoms. The number of rotatable bonds is 3. The van der Waals surface area contributed by atoms with Crippen molar-refractivity contribution in [3.63, 3.8) is 0 Å². The number of nitrogens with zero attached hydrogens (tertiary/aromatic N) is 2. The molecule has 0 bridgehead atoms. The molecular formula is C16H25N3O2. The van der Waals surface area contributed by atoms with Gasteiger partial charge in [0.2, 0.25) is 0 Å². The lowest BCUT2D eigenvalue weighted by Crippen LogP contribution is -2.58. The van der Waals surface area contributed by atoms with Gasteiger partial charge in [0.25, 0.3) is 5.91 Å². The van der Waals surface area contributed by atoms with Crippen molar-refractivity contribution in [2.75, 3.05) is 25.0 Å². The molecule has 2 rings (SSSR count). The van der Waals surface area contributed by atoms with Gasteiger partial charge in [-0.3, -0.25) is 4.79 Å². The predicted octanol–water partition coefficient (Wildman–Crippen LogP) is 2.54. The number of aromatic nitrogens is 1. The second-order valence-corrected chi connectivity index (χ2v) is 6.75. The fourth-order valence-corrected chi connectivity index (χ4v) is 2.92. The van der Waals surface area contributed by atoms with Crippen LogP contribution in [0.4, 0.5) is 5.82 Å². The van der Waals surface area contributed by atoms with Gasteiger partial charge in [0, 0.05) is 25.8 Å². The molecule has 116 valence electrons. The van der Waals surface area contributed by atoms with Crippen molar-refractivity contribution in [3.8, 4) is 0 Å². The maximum atomic E-state index is 12.7. The summed E-state index contributed by atoms with van der Waals surface area (Å²) in [5, 5.41) is 3.12. The molecule has 1 aliphatic heterocycles. The number of carbonyl (C=O) groups excluding carboxylic acids is 1. The first-order valence-corrected chi connectivity index (χ1v) is 7.42. The van der Waals surface area contributed by atoms with Crippen LogP contribution in [0.5, 0.6) is 0 Å². The number of nitrogens with one attached hydrogen (secondary N) is 1. The van der Waals surface area contributed by atoms with Gasteiger partial charge in [-0.2, -0.15) is 0 Å². The van der Waals surface area contributed by atoms with Crippen LogP contribution >= 0.6 is 0 Å². The lowest BCUT2D eigenvalue weighted by atomic mass is 9.98. The summed E-state index contributed by atoms with van der Waals surface area (Å²) in [5.41, 5.74) is -0.0616. The molecular weight excluding hydrogens is 266 g/mol. The second-order valence-electron chi connectivity index (χ2n) is 6.75. The average Bonchev–Trinajstić information content (AvgIpc) is 2.35. The van der Waals surface area contributed by atoms with Crippen molar-refractivity contribution >= 4 is 11.7 Å². The maximum absolute atomic E-state index is 12.7. The highest BCUT2D eigenvalue weighted by Gasteiger charge is 2.40. The molecule has 0 spiro atoms. The van der Waals surface area contributed by atoms with Crippen LogP contribution in [0.3, 0.4) is 0 Å². The molecule has 0 saturated carbocycles. The lowest BCUT2D eigenvalue weighted by molar-refractivity contribution is -0.171. The summed E-state index contributed by atoms with van der Waals surface area (Å²) >= 11 is 0. The topological polar surface area (TPSA) is 54.5 Å². The van der Waals surface area contributed by atoms with Crippen molar-refractivity contribution < 1.29 is 9.53 Å². The zero-order chi connectivity index (χ0) is 15.7. The third kappa shape index (κ3) is 3.94. The Morgan fingerprint density at radius 2 is 1.90 bits per heavy atom. The third-order valence-corrected chi connectivity index (χ3v) is 3.35. The standard InChI is InChI=1S/C16H25N3O2/c1-6-17-13-8-7-12(9-18-13)14(20)19-10-15(2,3)21-16(4,5)11-19/h7-9H,6,10-11H2,1-5H3,(H,17,18). The molecule has 1 N–H and O–H groups in total. The van der Waals surface area contributed by atoms with E-state index < -0.39 is 0 Å². The number of anilines is 1. The molecule has 1 fully saturated rings. The number of ether oxygens (including phenoxy) is 1. The quantitative estimate of drug-likeness (QED) is 0.930. The number of morpholine rings is 1. The fraction of sp³-hybridized carbons (Fsp3) is 0.625. The molecule has 2 heterocycles. The zero-order valence-electron chi connectivity index (χ0n) is 13.6. The van der Waals surface area contributed by atoms with Gasteiger partial charge in [-0.1, -0.05) is 0 Å². The summed E-state index contributed by atoms with van der Waals surface area (Å²) in [7, 11) is 0. The summed E-state index contributed by atoms with van der Waals surface area (Å²) in [5.74, 6) is 0.798. The minimum Gasteiger partial charge on any atom is -0.370 e. The molecule has 1 amide bonds. The van der Waals surface area contributed by atoms with E-state index in [0.717, 1.165) is 12.4 Å². The molecule has 1 aliphatic rings. The van der Waals surface area contributed by atoms with Gasteiger partial charge >= 0.3 is 0 Å². The Morgan fingerprint density at radius 3 is 2.38 bits per heavy atom. The van der Waals surface area contributed by atoms with Gasteiger partial charge < -0.3 is 15.0 Å². The van der Waals surface area contributed by atoms with Gasteiger partial charge in [0.1, 0.15) is 5.82 Å². The normalized spacial score (nSPS) is 20.1. The highest BCUT2D eigenvalue weighted by Crippen LogP contribution is 2.28. The summed E-state index contributed by atoms with van der Waals surface area (Å²) < 4.78 is 6.01. The predicted molar refractivity (Wildman–Crippen MR) is 83.5 cm³/mol. The van der Waals surface area contributed by atoms with E-state index in [2.05, 4.69) is 10.3 Å². The van der Waals surface area contributed by atoms with Gasteiger partial charge in [0.05, 0.1) is 16.8 Å². The Balaban J connectivity index is 2.15. The number of hydrogen-bond acceptors (Lipinski definition) is 4. The lowest BCUT2D eigenvalue weighted by Gasteiger charge is -2.47. The van der Waals surface area contributed by atoms with E-state index in [1.165, 1.54) is 0 Å². The molecule has 5 nitrogen and oxygen atoms in total. The van der Waals surface area contributed by atoms with Crippen LogP contribution in [-0.4, -0.2) is 46.6 Å². The minimum atomic E-state index is -0.339. The first-order chi connectivity index (χ1) is 9.72. The summed E-state index contributed by atoms with van der Waals surface area (Å²) in [6.07, 6.45) is 1.63. The Labute approximate surface area is 126 Å². The monoisotopic (exact) mass is 291 g/mol. The molecule has 1 aromatic heterocycles. The van der Waals surface area contributed by atoms with E-state index in [1.807, 2.05) is 51.7 Å². The molecule has 0 radical (unpaired) electrons. The Kier molecular flexibility index (Phi) is 4.23. The summed E-state index contributed by atoms with van der Waals surface area (Å²) in [6, 6.07) is 3.66. The SMILES string of the molecule is CCNc1ccc(C(=O)N2CC(C)(C)OC(C)(C)C2)cn1. The first-order valence-electron chi connectivity index (χ1n) is 7.42. The highest BCUT2D eigenvalue weighted by molar-refractivity contribution is 5.94. The van der Waals surface area contributed by atoms with Crippen LogP contribution in [0.25, 0.3) is 0 Å². The fourth-order valence-electron chi connectivity index (χ4n) is 2.92. The molecule has 0 unspecified atom stereocenters. The highest BCUT2D eigenvalue weighted by atomic mass is 16.5. The first kappa shape index (κ1) is 15.8. The Bertz CT molecular complexity index is 493. The van der Waals surface area contributed by atoms with E-state index in [0.29, 0.717) is 18.7 Å². The van der Waals surface area contributed by atoms with E-state index in [9.17, 15) is 4.79 Å². The van der Waals surface area contributed by atoms with Crippen molar-refractivity contribution in [1.29, 1.82) is 0 Å². The molecule has 0 aromatic carbocycles. The third-order valence-electron chi connectivity index (χ3n) is 3.35. The number of pyridine rings is 1. The van der Waals surface area contributed by atoms with Gasteiger partial charge in [-0.05, 0) is 46.8 Å². The smallest absolute Gasteiger partial charge is 0.255 e. The molecule has 1 saturated heterocycles. The zero-order valence-corrected chi connectivity index (χ0v) is 13.6. The number of carbonyl (C=O) groups is 1. The van der Waals surface area contributed by atoms with Crippen LogP contribution in [0, 0.1) is 0 Å². The van der Waals surface area contributed by atoms with Crippen molar-refractivity contribution in [2.45, 2.75) is 45.8 Å². The van der Waals surface area contributed by atoms with E-state index in [4.69, 9.17) is 4.74 Å². The van der Waals surface area contributed by atoms with E-state index in [-0.39, 0.29) is 17.1 Å². The van der Waals surface area contributed by atoms with Crippen LogP contribution in [0.1, 0.15) is 45.0 Å². The van der Waals surface area contributed by atoms with Crippen LogP contribution in [-0.2, 0) is 4.74 Å². The van der Waals surface area contributed by atoms with Gasteiger partial charge in [-0.25, -0.2) is 4.98 Å². The van der Waals surface area contributed by atoms with E-state index in [1.54, 1.807) is 6.20 Å². The van der Waals surface area contributed by atoms with Crippen molar-refractivity contribution in [3.05, 3.63) is 23.9 Å². The second kappa shape index (κ2) is 5.64. The van der Waals surface area contributed by atoms with Crippen LogP contribution in [0.15, 0.2) is 18.3 Å². The van der Waals surface area contributed by atoms with Crippen LogP contribution in [0.2, 0.25) is 0 Å². The van der Waals surface area contributed by atoms with Crippen molar-refractivity contribution in [2.24, 2.45) is 0 Å². The molecule has 0 atom stereocenters. The minimum absolute atomic E-state index is 0.00926. The van der Waals surface area contributed by atoms with Gasteiger partial charge in [0.15, 0.2) is 0 Å². The number of hydrogen-bond donors (Lipinski definition) is 1. The molecule has 1 aromatic rings. The average molecular weight is 291 g/mol. The maximum Gasteiger partial charge on any atom is 0.255 e. The Hall–Kier alpha value is -1.62. The summed E-state index contributed by atoms with van der Waals surface area (Å²) in [6.45, 7) is 12.1. The van der Waals surface area contributed by atoms with Crippen molar-refractivity contribution in [1.82, 2.24) is 9.88 Å². The summed E-state index contributed by atoms with van der Waals surface area (Å²) in [4.78, 5) is 18.8. The van der Waals surface area contributed by atoms with Crippen LogP contribution < -0.4 is 5.32 Å². The molecule has 0 aliphatic carbocycles. The largest absolute Gasteiger partial charge is 0.370 e. The van der Waals surface area contributed by atoms with E-state index >= 15 is 0 Å². The van der Waals surface area contributed by atoms with Gasteiger partial charge in [-0.15, -0.1) is 0 Å². The molecule has 5 heteroatoms. The number of amides is 1. The Morgan fingerprint density at radius 1 is 1.29 bits per heavy atom.